The molecule has 0 aromatic carbocycles. The molecule has 0 atom stereocenters. The van der Waals surface area contributed by atoms with Crippen LogP contribution >= 0.6 is 15.9 Å². The van der Waals surface area contributed by atoms with Crippen LogP contribution in [0.1, 0.15) is 6.42 Å². The summed E-state index contributed by atoms with van der Waals surface area (Å²) in [5, 5.41) is 9.44. The van der Waals surface area contributed by atoms with Crippen molar-refractivity contribution in [3.05, 3.63) is 0 Å². The smallest absolute Gasteiger partial charge is 0.236 e. The normalized spacial score (nSPS) is 12.0. The van der Waals surface area contributed by atoms with Gasteiger partial charge in [0.2, 0.25) is 0 Å². The molecule has 0 N–H and O–H groups in total. The molecule has 0 rings (SSSR count). The summed E-state index contributed by atoms with van der Waals surface area (Å²) in [4.78, 5) is -2.95. The van der Waals surface area contributed by atoms with Gasteiger partial charge in [-0.3, -0.25) is 0 Å². The van der Waals surface area contributed by atoms with Crippen LogP contribution in [-0.4, -0.2) is 11.4 Å². The van der Waals surface area contributed by atoms with Crippen molar-refractivity contribution in [2.24, 2.45) is 0 Å². The molecule has 0 aliphatic heterocycles. The van der Waals surface area contributed by atoms with Gasteiger partial charge in [0, 0.05) is 6.42 Å². The van der Waals surface area contributed by atoms with E-state index in [9.17, 15) is 13.9 Å². The van der Waals surface area contributed by atoms with Gasteiger partial charge in [-0.1, -0.05) is 0 Å². The monoisotopic (exact) mass is 173 g/mol. The highest BCUT2D eigenvalue weighted by Gasteiger charge is 2.22. The van der Waals surface area contributed by atoms with E-state index < -0.39 is 17.9 Å². The molecule has 0 saturated heterocycles. The van der Waals surface area contributed by atoms with Gasteiger partial charge in [0.25, 0.3) is 0 Å². The molecule has 0 aliphatic rings. The third-order valence-corrected chi connectivity index (χ3v) is 0.782. The number of halogens is 3. The van der Waals surface area contributed by atoms with Crippen molar-refractivity contribution in [3.8, 4) is 0 Å². The van der Waals surface area contributed by atoms with Gasteiger partial charge in [0.15, 0.2) is 0 Å². The first kappa shape index (κ1) is 7.30. The van der Waals surface area contributed by atoms with E-state index in [1.807, 2.05) is 15.9 Å². The van der Waals surface area contributed by atoms with Crippen molar-refractivity contribution in [1.82, 2.24) is 0 Å². The van der Waals surface area contributed by atoms with Gasteiger partial charge in [0.05, 0.1) is 6.61 Å². The molecule has 0 aromatic rings. The lowest BCUT2D eigenvalue weighted by Crippen LogP contribution is -2.05. The Balaban J connectivity index is 3.15. The molecule has 4 heteroatoms. The molecule has 1 nitrogen and oxygen atoms in total. The zero-order valence-electron chi connectivity index (χ0n) is 3.46. The third-order valence-electron chi connectivity index (χ3n) is 0.386. The van der Waals surface area contributed by atoms with Crippen LogP contribution in [0, 0.1) is 0 Å². The molecule has 0 heterocycles. The molecule has 0 aromatic heterocycles. The molecule has 0 spiro atoms. The summed E-state index contributed by atoms with van der Waals surface area (Å²) in [5.41, 5.74) is 0. The quantitative estimate of drug-likeness (QED) is 0.568. The molecule has 0 amide bonds. The second kappa shape index (κ2) is 2.57. The second-order valence-corrected chi connectivity index (χ2v) is 2.23. The minimum absolute atomic E-state index is 0.632. The Morgan fingerprint density at radius 1 is 1.57 bits per heavy atom. The Morgan fingerprint density at radius 3 is 2.00 bits per heavy atom. The van der Waals surface area contributed by atoms with E-state index >= 15 is 0 Å². The van der Waals surface area contributed by atoms with E-state index in [1.54, 1.807) is 0 Å². The van der Waals surface area contributed by atoms with E-state index in [-0.39, 0.29) is 0 Å². The largest absolute Gasteiger partial charge is 0.303 e. The van der Waals surface area contributed by atoms with Crippen molar-refractivity contribution in [3.63, 3.8) is 0 Å². The molecule has 0 fully saturated rings. The summed E-state index contributed by atoms with van der Waals surface area (Å²) in [6, 6.07) is 0. The summed E-state index contributed by atoms with van der Waals surface area (Å²) < 4.78 is 22.9. The number of alkyl halides is 3. The zero-order chi connectivity index (χ0) is 5.91. The maximum atomic E-state index is 11.4. The lowest BCUT2D eigenvalue weighted by molar-refractivity contribution is 0.0608. The summed E-state index contributed by atoms with van der Waals surface area (Å²) in [5.74, 6) is 0. The molecule has 0 saturated carbocycles. The topological polar surface area (TPSA) is 19.9 Å². The minimum Gasteiger partial charge on any atom is -0.236 e. The first-order chi connectivity index (χ1) is 3.06. The van der Waals surface area contributed by atoms with E-state index in [4.69, 9.17) is 0 Å². The van der Waals surface area contributed by atoms with Gasteiger partial charge >= 0.3 is 4.83 Å². The van der Waals surface area contributed by atoms with Gasteiger partial charge in [-0.15, -0.1) is 0 Å². The average molecular weight is 174 g/mol. The Labute approximate surface area is 48.5 Å². The van der Waals surface area contributed by atoms with Gasteiger partial charge in [-0.25, -0.2) is 5.11 Å². The van der Waals surface area contributed by atoms with Crippen LogP contribution in [0.2, 0.25) is 0 Å². The van der Waals surface area contributed by atoms with Crippen LogP contribution < -0.4 is 0 Å². The molecule has 7 heavy (non-hydrogen) atoms. The Bertz CT molecular complexity index is 51.4. The maximum Gasteiger partial charge on any atom is 0.303 e. The van der Waals surface area contributed by atoms with E-state index in [0.29, 0.717) is 0 Å². The standard InChI is InChI=1S/C3H4BrF2O/c4-3(5,6)1-2-7/h1-2H2. The third kappa shape index (κ3) is 6.30. The molecule has 1 radical (unpaired) electrons. The van der Waals surface area contributed by atoms with Crippen LogP contribution in [0.25, 0.3) is 0 Å². The van der Waals surface area contributed by atoms with E-state index in [1.165, 1.54) is 0 Å². The molecular formula is C3H4BrF2O. The van der Waals surface area contributed by atoms with Crippen molar-refractivity contribution < 1.29 is 13.9 Å². The van der Waals surface area contributed by atoms with Crippen LogP contribution in [0.5, 0.6) is 0 Å². The summed E-state index contributed by atoms with van der Waals surface area (Å²) in [7, 11) is 0. The highest BCUT2D eigenvalue weighted by molar-refractivity contribution is 9.09. The SMILES string of the molecule is [O]CCC(F)(F)Br. The van der Waals surface area contributed by atoms with Gasteiger partial charge in [-0.2, -0.15) is 8.78 Å². The fraction of sp³-hybridized carbons (Fsp3) is 1.00. The minimum atomic E-state index is -2.95. The van der Waals surface area contributed by atoms with Gasteiger partial charge in [0.1, 0.15) is 0 Å². The highest BCUT2D eigenvalue weighted by atomic mass is 79.9. The fourth-order valence-electron chi connectivity index (χ4n) is 0.116. The summed E-state index contributed by atoms with van der Waals surface area (Å²) in [6.07, 6.45) is -0.632. The Morgan fingerprint density at radius 2 is 2.00 bits per heavy atom. The molecule has 43 valence electrons. The Hall–Kier alpha value is 0.300. The molecular weight excluding hydrogens is 170 g/mol. The first-order valence-corrected chi connectivity index (χ1v) is 2.50. The lowest BCUT2D eigenvalue weighted by Gasteiger charge is -2.01. The van der Waals surface area contributed by atoms with Crippen LogP contribution in [0.3, 0.4) is 0 Å². The van der Waals surface area contributed by atoms with E-state index in [0.717, 1.165) is 0 Å². The highest BCUT2D eigenvalue weighted by Crippen LogP contribution is 2.24. The second-order valence-electron chi connectivity index (χ2n) is 1.07. The first-order valence-electron chi connectivity index (χ1n) is 1.71. The van der Waals surface area contributed by atoms with Gasteiger partial charge in [-0.05, 0) is 15.9 Å². The van der Waals surface area contributed by atoms with Gasteiger partial charge < -0.3 is 0 Å². The predicted octanol–water partition coefficient (Wildman–Crippen LogP) is 1.79. The number of hydrogen-bond acceptors (Lipinski definition) is 0. The predicted molar refractivity (Wildman–Crippen MR) is 24.0 cm³/mol. The van der Waals surface area contributed by atoms with Crippen molar-refractivity contribution >= 4 is 15.9 Å². The maximum absolute atomic E-state index is 11.4. The van der Waals surface area contributed by atoms with Crippen LogP contribution in [-0.2, 0) is 5.11 Å². The summed E-state index contributed by atoms with van der Waals surface area (Å²) >= 11 is 2.01. The van der Waals surface area contributed by atoms with Crippen LogP contribution in [0.4, 0.5) is 8.78 Å². The molecule has 0 aliphatic carbocycles. The van der Waals surface area contributed by atoms with Crippen molar-refractivity contribution in [2.45, 2.75) is 11.3 Å². The van der Waals surface area contributed by atoms with Crippen LogP contribution in [0.15, 0.2) is 0 Å². The lowest BCUT2D eigenvalue weighted by atomic mass is 10.5. The van der Waals surface area contributed by atoms with Crippen molar-refractivity contribution in [2.75, 3.05) is 6.61 Å². The zero-order valence-corrected chi connectivity index (χ0v) is 5.04. The molecule has 0 unspecified atom stereocenters. The molecule has 0 bridgehead atoms. The Kier molecular flexibility index (Phi) is 2.68. The fourth-order valence-corrected chi connectivity index (χ4v) is 0.278. The summed E-state index contributed by atoms with van der Waals surface area (Å²) in [6.45, 7) is -0.738. The average Bonchev–Trinajstić information content (AvgIpc) is 1.30. The number of hydrogen-bond donors (Lipinski definition) is 0. The van der Waals surface area contributed by atoms with Crippen molar-refractivity contribution in [1.29, 1.82) is 0 Å². The van der Waals surface area contributed by atoms with E-state index in [2.05, 4.69) is 0 Å². The number of rotatable bonds is 2.